The van der Waals surface area contributed by atoms with Crippen LogP contribution in [0.15, 0.2) is 47.6 Å². The molecule has 3 aromatic rings. The lowest BCUT2D eigenvalue weighted by Crippen LogP contribution is -2.41. The highest BCUT2D eigenvalue weighted by Crippen LogP contribution is 2.28. The molecular weight excluding hydrogens is 450 g/mol. The summed E-state index contributed by atoms with van der Waals surface area (Å²) < 4.78 is 51.1. The van der Waals surface area contributed by atoms with Crippen LogP contribution in [0.1, 0.15) is 25.7 Å². The number of aromatic nitrogens is 3. The Balaban J connectivity index is 1.52. The van der Waals surface area contributed by atoms with Gasteiger partial charge < -0.3 is 9.88 Å². The number of hydrogen-bond acceptors (Lipinski definition) is 7. The third-order valence-electron chi connectivity index (χ3n) is 6.05. The number of sulfonamides is 1. The molecule has 1 saturated carbocycles. The maximum Gasteiger partial charge on any atom is 0.224 e. The molecule has 172 valence electrons. The quantitative estimate of drug-likeness (QED) is 0.580. The molecule has 0 unspecified atom stereocenters. The molecule has 0 amide bonds. The number of nitrogens with one attached hydrogen (secondary N) is 1. The summed E-state index contributed by atoms with van der Waals surface area (Å²) in [6.07, 6.45) is 9.10. The number of sulfone groups is 1. The SMILES string of the molecule is CN(C1CCC(Nc2nccc(-n3ccc4c(S(C)(=O)=O)cccc43)n2)CC1)S(C)(=O)=O. The fourth-order valence-electron chi connectivity index (χ4n) is 4.25. The molecular formula is C21H27N5O4S2. The lowest BCUT2D eigenvalue weighted by Gasteiger charge is -2.33. The number of hydrogen-bond donors (Lipinski definition) is 1. The van der Waals surface area contributed by atoms with Crippen LogP contribution in [-0.2, 0) is 19.9 Å². The highest BCUT2D eigenvalue weighted by Gasteiger charge is 2.28. The summed E-state index contributed by atoms with van der Waals surface area (Å²) in [6, 6.07) is 8.92. The van der Waals surface area contributed by atoms with Crippen LogP contribution in [-0.4, -0.2) is 67.3 Å². The summed E-state index contributed by atoms with van der Waals surface area (Å²) in [6.45, 7) is 0. The normalized spacial score (nSPS) is 20.0. The van der Waals surface area contributed by atoms with Crippen molar-refractivity contribution in [1.82, 2.24) is 18.8 Å². The van der Waals surface area contributed by atoms with E-state index in [4.69, 9.17) is 0 Å². The molecule has 0 aliphatic heterocycles. The molecule has 4 rings (SSSR count). The first-order valence-electron chi connectivity index (χ1n) is 10.4. The molecule has 1 fully saturated rings. The Bertz CT molecular complexity index is 1340. The average molecular weight is 478 g/mol. The minimum atomic E-state index is -3.35. The molecule has 1 aliphatic carbocycles. The van der Waals surface area contributed by atoms with E-state index >= 15 is 0 Å². The number of nitrogens with zero attached hydrogens (tertiary/aromatic N) is 4. The van der Waals surface area contributed by atoms with Gasteiger partial charge in [-0.05, 0) is 49.9 Å². The Morgan fingerprint density at radius 2 is 1.75 bits per heavy atom. The zero-order valence-corrected chi connectivity index (χ0v) is 19.9. The first-order chi connectivity index (χ1) is 15.0. The predicted molar refractivity (Wildman–Crippen MR) is 124 cm³/mol. The molecule has 0 saturated heterocycles. The molecule has 9 nitrogen and oxygen atoms in total. The number of fused-ring (bicyclic) bond motifs is 1. The first kappa shape index (κ1) is 22.7. The van der Waals surface area contributed by atoms with Gasteiger partial charge >= 0.3 is 0 Å². The van der Waals surface area contributed by atoms with E-state index in [1.807, 2.05) is 10.6 Å². The van der Waals surface area contributed by atoms with Crippen molar-refractivity contribution in [3.8, 4) is 5.82 Å². The van der Waals surface area contributed by atoms with Crippen LogP contribution in [0, 0.1) is 0 Å². The Labute approximate surface area is 188 Å². The van der Waals surface area contributed by atoms with Gasteiger partial charge in [0.15, 0.2) is 9.84 Å². The molecule has 2 heterocycles. The molecule has 0 radical (unpaired) electrons. The van der Waals surface area contributed by atoms with Gasteiger partial charge in [-0.3, -0.25) is 0 Å². The van der Waals surface area contributed by atoms with Gasteiger partial charge in [0.2, 0.25) is 16.0 Å². The Kier molecular flexibility index (Phi) is 5.99. The first-order valence-corrected chi connectivity index (χ1v) is 14.1. The van der Waals surface area contributed by atoms with Crippen molar-refractivity contribution in [2.75, 3.05) is 24.9 Å². The van der Waals surface area contributed by atoms with E-state index in [9.17, 15) is 16.8 Å². The molecule has 2 aromatic heterocycles. The Morgan fingerprint density at radius 3 is 2.41 bits per heavy atom. The van der Waals surface area contributed by atoms with Crippen molar-refractivity contribution in [3.63, 3.8) is 0 Å². The van der Waals surface area contributed by atoms with Gasteiger partial charge in [-0.25, -0.2) is 26.1 Å². The van der Waals surface area contributed by atoms with Gasteiger partial charge in [0.25, 0.3) is 0 Å². The van der Waals surface area contributed by atoms with Crippen molar-refractivity contribution >= 4 is 36.7 Å². The van der Waals surface area contributed by atoms with Crippen molar-refractivity contribution in [2.24, 2.45) is 0 Å². The van der Waals surface area contributed by atoms with Gasteiger partial charge in [0.05, 0.1) is 16.7 Å². The van der Waals surface area contributed by atoms with Crippen LogP contribution in [0.25, 0.3) is 16.7 Å². The van der Waals surface area contributed by atoms with Gasteiger partial charge in [0, 0.05) is 43.2 Å². The summed E-state index contributed by atoms with van der Waals surface area (Å²) in [5.41, 5.74) is 0.752. The highest BCUT2D eigenvalue weighted by atomic mass is 32.2. The predicted octanol–water partition coefficient (Wildman–Crippen LogP) is 2.44. The lowest BCUT2D eigenvalue weighted by molar-refractivity contribution is 0.276. The van der Waals surface area contributed by atoms with Crippen molar-refractivity contribution < 1.29 is 16.8 Å². The van der Waals surface area contributed by atoms with Crippen LogP contribution in [0.5, 0.6) is 0 Å². The summed E-state index contributed by atoms with van der Waals surface area (Å²) >= 11 is 0. The van der Waals surface area contributed by atoms with Crippen LogP contribution >= 0.6 is 0 Å². The molecule has 1 N–H and O–H groups in total. The maximum atomic E-state index is 12.1. The van der Waals surface area contributed by atoms with E-state index in [-0.39, 0.29) is 17.0 Å². The number of anilines is 1. The van der Waals surface area contributed by atoms with E-state index in [2.05, 4.69) is 15.3 Å². The zero-order valence-electron chi connectivity index (χ0n) is 18.3. The maximum absolute atomic E-state index is 12.1. The van der Waals surface area contributed by atoms with Crippen LogP contribution in [0.2, 0.25) is 0 Å². The standard InChI is InChI=1S/C21H27N5O4S2/c1-25(32(3,29)30)16-9-7-15(8-10-16)23-21-22-13-11-20(24-21)26-14-12-17-18(26)5-4-6-19(17)31(2,27)28/h4-6,11-16H,7-10H2,1-3H3,(H,22,23,24). The van der Waals surface area contributed by atoms with Crippen molar-refractivity contribution in [2.45, 2.75) is 42.7 Å². The largest absolute Gasteiger partial charge is 0.351 e. The van der Waals surface area contributed by atoms with Crippen molar-refractivity contribution in [1.29, 1.82) is 0 Å². The van der Waals surface area contributed by atoms with E-state index < -0.39 is 19.9 Å². The number of benzene rings is 1. The highest BCUT2D eigenvalue weighted by molar-refractivity contribution is 7.91. The van der Waals surface area contributed by atoms with Gasteiger partial charge in [-0.1, -0.05) is 6.07 Å². The van der Waals surface area contributed by atoms with Crippen LogP contribution < -0.4 is 5.32 Å². The van der Waals surface area contributed by atoms with Crippen LogP contribution in [0.4, 0.5) is 5.95 Å². The second-order valence-electron chi connectivity index (χ2n) is 8.31. The molecule has 0 bridgehead atoms. The van der Waals surface area contributed by atoms with E-state index in [0.29, 0.717) is 17.2 Å². The minimum absolute atomic E-state index is 0.0191. The molecule has 0 spiro atoms. The Morgan fingerprint density at radius 1 is 1.03 bits per heavy atom. The van der Waals surface area contributed by atoms with Gasteiger partial charge in [0.1, 0.15) is 5.82 Å². The average Bonchev–Trinajstić information content (AvgIpc) is 3.17. The zero-order chi connectivity index (χ0) is 23.1. The van der Waals surface area contributed by atoms with E-state index in [1.165, 1.54) is 16.8 Å². The fraction of sp³-hybridized carbons (Fsp3) is 0.429. The molecule has 1 aliphatic rings. The summed E-state index contributed by atoms with van der Waals surface area (Å²) in [4.78, 5) is 9.25. The summed E-state index contributed by atoms with van der Waals surface area (Å²) in [5, 5.41) is 4.02. The second kappa shape index (κ2) is 8.45. The smallest absolute Gasteiger partial charge is 0.224 e. The molecule has 32 heavy (non-hydrogen) atoms. The molecule has 1 aromatic carbocycles. The van der Waals surface area contributed by atoms with Gasteiger partial charge in [-0.15, -0.1) is 0 Å². The minimum Gasteiger partial charge on any atom is -0.351 e. The Hall–Kier alpha value is -2.50. The monoisotopic (exact) mass is 477 g/mol. The second-order valence-corrected chi connectivity index (χ2v) is 12.3. The molecule has 11 heteroatoms. The van der Waals surface area contributed by atoms with E-state index in [1.54, 1.807) is 43.7 Å². The van der Waals surface area contributed by atoms with Crippen molar-refractivity contribution in [3.05, 3.63) is 42.7 Å². The van der Waals surface area contributed by atoms with Gasteiger partial charge in [-0.2, -0.15) is 4.98 Å². The van der Waals surface area contributed by atoms with E-state index in [0.717, 1.165) is 31.2 Å². The molecule has 0 atom stereocenters. The number of rotatable bonds is 6. The lowest BCUT2D eigenvalue weighted by atomic mass is 9.91. The third kappa shape index (κ3) is 4.64. The van der Waals surface area contributed by atoms with Crippen LogP contribution in [0.3, 0.4) is 0 Å². The summed E-state index contributed by atoms with van der Waals surface area (Å²) in [7, 11) is -4.90. The fourth-order valence-corrected chi connectivity index (χ4v) is 5.90. The third-order valence-corrected chi connectivity index (χ3v) is 8.55. The summed E-state index contributed by atoms with van der Waals surface area (Å²) in [5.74, 6) is 1.12. The topological polar surface area (TPSA) is 114 Å².